The summed E-state index contributed by atoms with van der Waals surface area (Å²) in [5, 5.41) is 2.59. The molecule has 3 aromatic rings. The molecular formula is C25H27NO3S. The molecule has 30 heavy (non-hydrogen) atoms. The van der Waals surface area contributed by atoms with Crippen LogP contribution < -0.4 is 5.32 Å². The first-order valence-electron chi connectivity index (χ1n) is 9.92. The third-order valence-electron chi connectivity index (χ3n) is 5.34. The fraction of sp³-hybridized carbons (Fsp3) is 0.240. The van der Waals surface area contributed by atoms with E-state index < -0.39 is 27.7 Å². The lowest BCUT2D eigenvalue weighted by Gasteiger charge is -2.36. The van der Waals surface area contributed by atoms with Gasteiger partial charge in [-0.05, 0) is 44.0 Å². The number of ether oxygens (including phenoxy) is 1. The van der Waals surface area contributed by atoms with Gasteiger partial charge in [-0.3, -0.25) is 4.21 Å². The van der Waals surface area contributed by atoms with Crippen molar-refractivity contribution in [3.63, 3.8) is 0 Å². The number of amides is 1. The van der Waals surface area contributed by atoms with Crippen LogP contribution in [0.2, 0.25) is 0 Å². The quantitative estimate of drug-likeness (QED) is 0.561. The average molecular weight is 422 g/mol. The highest BCUT2D eigenvalue weighted by Crippen LogP contribution is 2.31. The lowest BCUT2D eigenvalue weighted by Crippen LogP contribution is -2.52. The molecule has 5 heteroatoms. The number of alkyl carbamates (subject to hydrolysis) is 1. The first-order valence-corrected chi connectivity index (χ1v) is 11.1. The van der Waals surface area contributed by atoms with Gasteiger partial charge in [-0.2, -0.15) is 0 Å². The molecule has 0 saturated heterocycles. The van der Waals surface area contributed by atoms with Crippen molar-refractivity contribution in [2.24, 2.45) is 0 Å². The number of hydrogen-bond donors (Lipinski definition) is 1. The maximum Gasteiger partial charge on any atom is 0.408 e. The molecule has 4 nitrogen and oxygen atoms in total. The van der Waals surface area contributed by atoms with Crippen LogP contribution in [-0.4, -0.2) is 15.6 Å². The molecule has 0 unspecified atom stereocenters. The van der Waals surface area contributed by atoms with Crippen LogP contribution in [0.15, 0.2) is 89.8 Å². The fourth-order valence-corrected chi connectivity index (χ4v) is 4.69. The SMILES string of the molecule is Cc1ccc([S@@](=O)[C@H](C)[C@@](C)(NC(=O)OCc2ccccc2)c2ccccc2)cc1. The summed E-state index contributed by atoms with van der Waals surface area (Å²) >= 11 is 0. The zero-order chi connectivity index (χ0) is 21.6. The topological polar surface area (TPSA) is 55.4 Å². The van der Waals surface area contributed by atoms with E-state index in [0.29, 0.717) is 0 Å². The van der Waals surface area contributed by atoms with Gasteiger partial charge in [0.25, 0.3) is 0 Å². The van der Waals surface area contributed by atoms with Crippen LogP contribution in [0.3, 0.4) is 0 Å². The molecule has 3 aromatic carbocycles. The van der Waals surface area contributed by atoms with Crippen molar-refractivity contribution in [1.29, 1.82) is 0 Å². The Labute approximate surface area is 180 Å². The Kier molecular flexibility index (Phi) is 7.06. The van der Waals surface area contributed by atoms with Gasteiger partial charge in [0.2, 0.25) is 0 Å². The minimum absolute atomic E-state index is 0.174. The van der Waals surface area contributed by atoms with Gasteiger partial charge in [-0.15, -0.1) is 0 Å². The Morgan fingerprint density at radius 3 is 2.13 bits per heavy atom. The Balaban J connectivity index is 1.82. The number of carbonyl (C=O) groups is 1. The molecule has 156 valence electrons. The number of aryl methyl sites for hydroxylation is 1. The summed E-state index contributed by atoms with van der Waals surface area (Å²) in [5.41, 5.74) is 2.00. The van der Waals surface area contributed by atoms with E-state index in [-0.39, 0.29) is 6.61 Å². The molecule has 3 atom stereocenters. The van der Waals surface area contributed by atoms with E-state index in [1.807, 2.05) is 106 Å². The van der Waals surface area contributed by atoms with Crippen molar-refractivity contribution in [2.75, 3.05) is 0 Å². The number of benzene rings is 3. The van der Waals surface area contributed by atoms with Crippen LogP contribution in [0.25, 0.3) is 0 Å². The summed E-state index contributed by atoms with van der Waals surface area (Å²) in [7, 11) is -1.33. The van der Waals surface area contributed by atoms with E-state index in [9.17, 15) is 9.00 Å². The molecule has 3 rings (SSSR count). The highest BCUT2D eigenvalue weighted by Gasteiger charge is 2.39. The second-order valence-electron chi connectivity index (χ2n) is 7.51. The van der Waals surface area contributed by atoms with E-state index in [2.05, 4.69) is 5.32 Å². The van der Waals surface area contributed by atoms with E-state index in [4.69, 9.17) is 4.74 Å². The van der Waals surface area contributed by atoms with Crippen molar-refractivity contribution in [2.45, 2.75) is 43.1 Å². The molecule has 0 spiro atoms. The lowest BCUT2D eigenvalue weighted by molar-refractivity contribution is 0.127. The van der Waals surface area contributed by atoms with E-state index in [0.717, 1.165) is 21.6 Å². The predicted molar refractivity (Wildman–Crippen MR) is 121 cm³/mol. The molecule has 0 heterocycles. The van der Waals surface area contributed by atoms with Crippen LogP contribution in [0.4, 0.5) is 4.79 Å². The predicted octanol–water partition coefficient (Wildman–Crippen LogP) is 5.33. The Morgan fingerprint density at radius 1 is 0.967 bits per heavy atom. The largest absolute Gasteiger partial charge is 0.445 e. The maximum absolute atomic E-state index is 13.4. The minimum atomic E-state index is -1.33. The van der Waals surface area contributed by atoms with E-state index in [1.54, 1.807) is 0 Å². The Bertz CT molecular complexity index is 990. The Morgan fingerprint density at radius 2 is 1.53 bits per heavy atom. The number of carbonyl (C=O) groups excluding carboxylic acids is 1. The molecule has 0 aliphatic rings. The van der Waals surface area contributed by atoms with Gasteiger partial charge < -0.3 is 10.1 Å². The summed E-state index contributed by atoms with van der Waals surface area (Å²) in [6.45, 7) is 5.95. The summed E-state index contributed by atoms with van der Waals surface area (Å²) in [5.74, 6) is 0. The van der Waals surface area contributed by atoms with Crippen LogP contribution in [0.1, 0.15) is 30.5 Å². The smallest absolute Gasteiger partial charge is 0.408 e. The minimum Gasteiger partial charge on any atom is -0.445 e. The van der Waals surface area contributed by atoms with Gasteiger partial charge in [-0.25, -0.2) is 4.79 Å². The van der Waals surface area contributed by atoms with Gasteiger partial charge in [0, 0.05) is 4.90 Å². The summed E-state index contributed by atoms with van der Waals surface area (Å²) < 4.78 is 18.8. The van der Waals surface area contributed by atoms with E-state index in [1.165, 1.54) is 0 Å². The molecule has 1 N–H and O–H groups in total. The van der Waals surface area contributed by atoms with Crippen molar-refractivity contribution >= 4 is 16.9 Å². The van der Waals surface area contributed by atoms with E-state index >= 15 is 0 Å². The van der Waals surface area contributed by atoms with Crippen LogP contribution in [0.5, 0.6) is 0 Å². The molecule has 0 aromatic heterocycles. The van der Waals surface area contributed by atoms with Gasteiger partial charge in [0.05, 0.1) is 21.6 Å². The zero-order valence-corrected chi connectivity index (χ0v) is 18.3. The summed E-state index contributed by atoms with van der Waals surface area (Å²) in [6.07, 6.45) is -0.544. The zero-order valence-electron chi connectivity index (χ0n) is 17.5. The second-order valence-corrected chi connectivity index (χ2v) is 9.28. The highest BCUT2D eigenvalue weighted by molar-refractivity contribution is 7.85. The first-order chi connectivity index (χ1) is 14.4. The first kappa shape index (κ1) is 21.8. The Hall–Kier alpha value is -2.92. The molecule has 0 saturated carbocycles. The molecule has 0 bridgehead atoms. The van der Waals surface area contributed by atoms with Gasteiger partial charge in [0.15, 0.2) is 0 Å². The normalized spacial score (nSPS) is 14.9. The van der Waals surface area contributed by atoms with Crippen molar-refractivity contribution in [3.05, 3.63) is 102 Å². The van der Waals surface area contributed by atoms with Gasteiger partial charge >= 0.3 is 6.09 Å². The van der Waals surface area contributed by atoms with Gasteiger partial charge in [0.1, 0.15) is 6.61 Å². The summed E-state index contributed by atoms with van der Waals surface area (Å²) in [4.78, 5) is 13.4. The van der Waals surface area contributed by atoms with Crippen LogP contribution in [-0.2, 0) is 27.7 Å². The maximum atomic E-state index is 13.4. The number of rotatable bonds is 7. The molecular weight excluding hydrogens is 394 g/mol. The van der Waals surface area contributed by atoms with Crippen LogP contribution in [0, 0.1) is 6.92 Å². The fourth-order valence-electron chi connectivity index (χ4n) is 3.25. The van der Waals surface area contributed by atoms with Gasteiger partial charge in [-0.1, -0.05) is 78.4 Å². The molecule has 1 amide bonds. The van der Waals surface area contributed by atoms with Crippen molar-refractivity contribution < 1.29 is 13.7 Å². The van der Waals surface area contributed by atoms with Crippen molar-refractivity contribution in [1.82, 2.24) is 5.32 Å². The molecule has 0 fully saturated rings. The molecule has 0 aliphatic carbocycles. The average Bonchev–Trinajstić information content (AvgIpc) is 2.78. The molecule has 0 radical (unpaired) electrons. The second kappa shape index (κ2) is 9.72. The summed E-state index contributed by atoms with van der Waals surface area (Å²) in [6, 6.07) is 26.8. The highest BCUT2D eigenvalue weighted by atomic mass is 32.2. The third-order valence-corrected chi connectivity index (χ3v) is 7.19. The van der Waals surface area contributed by atoms with Crippen molar-refractivity contribution in [3.8, 4) is 0 Å². The van der Waals surface area contributed by atoms with Crippen LogP contribution >= 0.6 is 0 Å². The number of hydrogen-bond acceptors (Lipinski definition) is 3. The third kappa shape index (κ3) is 5.16. The lowest BCUT2D eigenvalue weighted by atomic mass is 9.89. The monoisotopic (exact) mass is 421 g/mol. The standard InChI is InChI=1S/C25H27NO3S/c1-19-14-16-23(17-15-19)30(28)20(2)25(3,22-12-8-5-9-13-22)26-24(27)29-18-21-10-6-4-7-11-21/h4-17,20H,18H2,1-3H3,(H,26,27)/t20-,25-,30+/m1/s1. The molecule has 0 aliphatic heterocycles. The number of nitrogens with one attached hydrogen (secondary N) is 1.